The van der Waals surface area contributed by atoms with Crippen LogP contribution in [0.3, 0.4) is 0 Å². The first kappa shape index (κ1) is 12.1. The van der Waals surface area contributed by atoms with Crippen molar-refractivity contribution in [2.24, 2.45) is 0 Å². The molecule has 3 nitrogen and oxygen atoms in total. The highest BCUT2D eigenvalue weighted by molar-refractivity contribution is 9.10. The maximum absolute atomic E-state index is 10.5. The van der Waals surface area contributed by atoms with E-state index >= 15 is 0 Å². The number of rotatable bonds is 3. The van der Waals surface area contributed by atoms with Crippen LogP contribution in [0.15, 0.2) is 62.8 Å². The molecular weight excluding hydrogens is 302 g/mol. The third-order valence-electron chi connectivity index (χ3n) is 2.08. The lowest BCUT2D eigenvalue weighted by atomic mass is 10.3. The summed E-state index contributed by atoms with van der Waals surface area (Å²) in [5, 5.41) is 10.5. The van der Waals surface area contributed by atoms with E-state index in [9.17, 15) is 10.1 Å². The number of nitro groups is 1. The molecule has 0 bridgehead atoms. The minimum atomic E-state index is -0.395. The van der Waals surface area contributed by atoms with Gasteiger partial charge in [-0.1, -0.05) is 33.8 Å². The average molecular weight is 310 g/mol. The molecule has 0 atom stereocenters. The van der Waals surface area contributed by atoms with Crippen LogP contribution >= 0.6 is 27.7 Å². The summed E-state index contributed by atoms with van der Waals surface area (Å²) in [7, 11) is 0. The topological polar surface area (TPSA) is 43.1 Å². The van der Waals surface area contributed by atoms with Crippen molar-refractivity contribution in [2.75, 3.05) is 0 Å². The van der Waals surface area contributed by atoms with Crippen LogP contribution < -0.4 is 0 Å². The molecule has 0 saturated heterocycles. The molecule has 2 rings (SSSR count). The maximum Gasteiger partial charge on any atom is 0.269 e. The normalized spacial score (nSPS) is 10.2. The summed E-state index contributed by atoms with van der Waals surface area (Å²) in [5.41, 5.74) is 0.114. The van der Waals surface area contributed by atoms with Crippen LogP contribution in [0.25, 0.3) is 0 Å². The molecule has 0 saturated carbocycles. The Kier molecular flexibility index (Phi) is 3.81. The SMILES string of the molecule is O=[N+]([O-])c1ccc(Sc2cccc(Br)c2)cc1. The average Bonchev–Trinajstić information content (AvgIpc) is 2.29. The first-order valence-corrected chi connectivity index (χ1v) is 6.44. The smallest absolute Gasteiger partial charge is 0.258 e. The van der Waals surface area contributed by atoms with E-state index in [4.69, 9.17) is 0 Å². The molecule has 2 aromatic carbocycles. The molecule has 0 aliphatic rings. The van der Waals surface area contributed by atoms with Crippen LogP contribution in [-0.4, -0.2) is 4.92 Å². The Labute approximate surface area is 111 Å². The van der Waals surface area contributed by atoms with Crippen molar-refractivity contribution in [3.63, 3.8) is 0 Å². The number of nitrogens with zero attached hydrogens (tertiary/aromatic N) is 1. The lowest BCUT2D eigenvalue weighted by molar-refractivity contribution is -0.384. The zero-order valence-electron chi connectivity index (χ0n) is 8.67. The van der Waals surface area contributed by atoms with Crippen LogP contribution in [0.1, 0.15) is 0 Å². The van der Waals surface area contributed by atoms with Crippen molar-refractivity contribution in [1.29, 1.82) is 0 Å². The second kappa shape index (κ2) is 5.33. The van der Waals surface area contributed by atoms with Gasteiger partial charge in [-0.3, -0.25) is 10.1 Å². The predicted molar refractivity (Wildman–Crippen MR) is 71.4 cm³/mol. The third-order valence-corrected chi connectivity index (χ3v) is 3.57. The largest absolute Gasteiger partial charge is 0.269 e. The van der Waals surface area contributed by atoms with Gasteiger partial charge in [0.1, 0.15) is 0 Å². The van der Waals surface area contributed by atoms with Crippen LogP contribution in [0, 0.1) is 10.1 Å². The van der Waals surface area contributed by atoms with Gasteiger partial charge >= 0.3 is 0 Å². The van der Waals surface area contributed by atoms with Gasteiger partial charge in [0, 0.05) is 26.4 Å². The summed E-state index contributed by atoms with van der Waals surface area (Å²) in [5.74, 6) is 0. The summed E-state index contributed by atoms with van der Waals surface area (Å²) in [4.78, 5) is 12.2. The van der Waals surface area contributed by atoms with E-state index in [1.54, 1.807) is 23.9 Å². The molecule has 0 aromatic heterocycles. The quantitative estimate of drug-likeness (QED) is 0.619. The summed E-state index contributed by atoms with van der Waals surface area (Å²) in [6.45, 7) is 0. The molecule has 0 fully saturated rings. The minimum Gasteiger partial charge on any atom is -0.258 e. The molecule has 0 aliphatic carbocycles. The van der Waals surface area contributed by atoms with Gasteiger partial charge in [0.2, 0.25) is 0 Å². The molecule has 0 unspecified atom stereocenters. The Morgan fingerprint density at radius 2 is 1.76 bits per heavy atom. The molecule has 0 aliphatic heterocycles. The van der Waals surface area contributed by atoms with Gasteiger partial charge in [0.25, 0.3) is 5.69 Å². The van der Waals surface area contributed by atoms with Gasteiger partial charge in [-0.15, -0.1) is 0 Å². The highest BCUT2D eigenvalue weighted by atomic mass is 79.9. The first-order valence-electron chi connectivity index (χ1n) is 4.83. The maximum atomic E-state index is 10.5. The summed E-state index contributed by atoms with van der Waals surface area (Å²) in [6, 6.07) is 14.5. The molecule has 17 heavy (non-hydrogen) atoms. The van der Waals surface area contributed by atoms with E-state index in [0.717, 1.165) is 14.3 Å². The fourth-order valence-corrected chi connectivity index (χ4v) is 2.73. The summed E-state index contributed by atoms with van der Waals surface area (Å²) in [6.07, 6.45) is 0. The zero-order valence-corrected chi connectivity index (χ0v) is 11.1. The number of benzene rings is 2. The van der Waals surface area contributed by atoms with Crippen molar-refractivity contribution >= 4 is 33.4 Å². The highest BCUT2D eigenvalue weighted by Gasteiger charge is 2.04. The Balaban J connectivity index is 2.16. The number of nitro benzene ring substituents is 1. The fraction of sp³-hybridized carbons (Fsp3) is 0. The fourth-order valence-electron chi connectivity index (χ4n) is 1.30. The Morgan fingerprint density at radius 3 is 2.35 bits per heavy atom. The van der Waals surface area contributed by atoms with Crippen LogP contribution in [-0.2, 0) is 0 Å². The van der Waals surface area contributed by atoms with Crippen LogP contribution in [0.5, 0.6) is 0 Å². The monoisotopic (exact) mass is 309 g/mol. The van der Waals surface area contributed by atoms with E-state index in [-0.39, 0.29) is 5.69 Å². The number of non-ortho nitro benzene ring substituents is 1. The standard InChI is InChI=1S/C12H8BrNO2S/c13-9-2-1-3-12(8-9)17-11-6-4-10(5-7-11)14(15)16/h1-8H. The van der Waals surface area contributed by atoms with E-state index in [1.807, 2.05) is 24.3 Å². The van der Waals surface area contributed by atoms with Crippen molar-refractivity contribution in [2.45, 2.75) is 9.79 Å². The van der Waals surface area contributed by atoms with E-state index in [2.05, 4.69) is 15.9 Å². The van der Waals surface area contributed by atoms with E-state index < -0.39 is 4.92 Å². The van der Waals surface area contributed by atoms with Gasteiger partial charge in [0.05, 0.1) is 4.92 Å². The lowest BCUT2D eigenvalue weighted by Gasteiger charge is -2.01. The van der Waals surface area contributed by atoms with Crippen molar-refractivity contribution in [1.82, 2.24) is 0 Å². The molecular formula is C12H8BrNO2S. The lowest BCUT2D eigenvalue weighted by Crippen LogP contribution is -1.86. The Morgan fingerprint density at radius 1 is 1.06 bits per heavy atom. The van der Waals surface area contributed by atoms with Gasteiger partial charge in [-0.25, -0.2) is 0 Å². The van der Waals surface area contributed by atoms with Crippen molar-refractivity contribution < 1.29 is 4.92 Å². The van der Waals surface area contributed by atoms with Gasteiger partial charge in [0.15, 0.2) is 0 Å². The molecule has 0 spiro atoms. The van der Waals surface area contributed by atoms with Crippen molar-refractivity contribution in [3.8, 4) is 0 Å². The summed E-state index contributed by atoms with van der Waals surface area (Å²) < 4.78 is 1.02. The molecule has 0 heterocycles. The molecule has 0 amide bonds. The second-order valence-electron chi connectivity index (χ2n) is 3.31. The molecule has 5 heteroatoms. The van der Waals surface area contributed by atoms with Gasteiger partial charge < -0.3 is 0 Å². The third kappa shape index (κ3) is 3.31. The predicted octanol–water partition coefficient (Wildman–Crippen LogP) is 4.51. The summed E-state index contributed by atoms with van der Waals surface area (Å²) >= 11 is 4.97. The first-order chi connectivity index (χ1) is 8.15. The second-order valence-corrected chi connectivity index (χ2v) is 5.37. The van der Waals surface area contributed by atoms with Gasteiger partial charge in [-0.2, -0.15) is 0 Å². The molecule has 86 valence electrons. The Bertz CT molecular complexity index is 542. The molecule has 2 aromatic rings. The van der Waals surface area contributed by atoms with Gasteiger partial charge in [-0.05, 0) is 30.3 Å². The number of halogens is 1. The highest BCUT2D eigenvalue weighted by Crippen LogP contribution is 2.30. The zero-order chi connectivity index (χ0) is 12.3. The van der Waals surface area contributed by atoms with Crippen molar-refractivity contribution in [3.05, 3.63) is 63.1 Å². The van der Waals surface area contributed by atoms with E-state index in [0.29, 0.717) is 0 Å². The minimum absolute atomic E-state index is 0.114. The van der Waals surface area contributed by atoms with E-state index in [1.165, 1.54) is 12.1 Å². The Hall–Kier alpha value is -1.33. The number of hydrogen-bond donors (Lipinski definition) is 0. The number of hydrogen-bond acceptors (Lipinski definition) is 3. The molecule has 0 radical (unpaired) electrons. The van der Waals surface area contributed by atoms with Crippen LogP contribution in [0.2, 0.25) is 0 Å². The molecule has 0 N–H and O–H groups in total. The van der Waals surface area contributed by atoms with Crippen LogP contribution in [0.4, 0.5) is 5.69 Å².